The monoisotopic (exact) mass is 199 g/mol. The van der Waals surface area contributed by atoms with Crippen molar-refractivity contribution in [3.63, 3.8) is 0 Å². The molecule has 4 heteroatoms. The minimum atomic E-state index is -0.136. The number of hydrogen-bond acceptors (Lipinski definition) is 1. The Labute approximate surface area is 85.5 Å². The highest BCUT2D eigenvalue weighted by Gasteiger charge is 2.48. The van der Waals surface area contributed by atoms with Gasteiger partial charge in [-0.3, -0.25) is 4.79 Å². The summed E-state index contributed by atoms with van der Waals surface area (Å²) in [6.07, 6.45) is 0. The molecule has 0 aromatic carbocycles. The second-order valence-electron chi connectivity index (χ2n) is 4.97. The molecule has 3 aliphatic heterocycles. The zero-order valence-electron chi connectivity index (χ0n) is 9.04. The minimum absolute atomic E-state index is 0.136. The van der Waals surface area contributed by atoms with Crippen LogP contribution in [0.25, 0.3) is 0 Å². The average molecular weight is 199 g/mol. The number of nitrogens with zero attached hydrogens (tertiary/aromatic N) is 2. The molecule has 2 bridgehead atoms. The minimum Gasteiger partial charge on any atom is -0.365 e. The number of rotatable bonds is 3. The lowest BCUT2D eigenvalue weighted by Crippen LogP contribution is -2.75. The number of carbonyl (C=O) groups is 1. The summed E-state index contributed by atoms with van der Waals surface area (Å²) < 4.78 is 2.24. The highest BCUT2D eigenvalue weighted by atomic mass is 16.1. The zero-order chi connectivity index (χ0) is 10.2. The van der Waals surface area contributed by atoms with E-state index in [9.17, 15) is 4.79 Å². The molecular weight excluding hydrogens is 178 g/mol. The Kier molecular flexibility index (Phi) is 2.27. The van der Waals surface area contributed by atoms with Crippen molar-refractivity contribution in [1.29, 1.82) is 0 Å². The van der Waals surface area contributed by atoms with Crippen molar-refractivity contribution in [2.45, 2.75) is 6.92 Å². The lowest BCUT2D eigenvalue weighted by Gasteiger charge is -2.54. The van der Waals surface area contributed by atoms with E-state index in [1.807, 2.05) is 0 Å². The van der Waals surface area contributed by atoms with Crippen LogP contribution < -0.4 is 5.73 Å². The maximum absolute atomic E-state index is 11.0. The SMILES string of the molecule is CC[N+]12CC[N+](CC(N)=O)(CC1)CC2. The first-order valence-corrected chi connectivity index (χ1v) is 5.58. The first kappa shape index (κ1) is 9.93. The molecule has 80 valence electrons. The molecule has 0 unspecified atom stereocenters. The number of fused-ring (bicyclic) bond motifs is 3. The van der Waals surface area contributed by atoms with Gasteiger partial charge in [-0.25, -0.2) is 0 Å². The van der Waals surface area contributed by atoms with Crippen LogP contribution in [0.4, 0.5) is 0 Å². The van der Waals surface area contributed by atoms with Gasteiger partial charge >= 0.3 is 0 Å². The van der Waals surface area contributed by atoms with Crippen molar-refractivity contribution < 1.29 is 13.8 Å². The summed E-state index contributed by atoms with van der Waals surface area (Å²) >= 11 is 0. The van der Waals surface area contributed by atoms with Crippen molar-refractivity contribution in [2.24, 2.45) is 5.73 Å². The number of carbonyl (C=O) groups excluding carboxylic acids is 1. The standard InChI is InChI=1S/C10H20N3O/c1-2-12-3-6-13(7-4-12,8-5-12)9-10(11)14/h2-9H2,1H3,(H-,11,14)/q+1/p+1. The molecule has 3 saturated heterocycles. The van der Waals surface area contributed by atoms with Gasteiger partial charge in [0, 0.05) is 0 Å². The van der Waals surface area contributed by atoms with Crippen LogP contribution in [0.2, 0.25) is 0 Å². The first-order chi connectivity index (χ1) is 6.60. The molecule has 0 aromatic heterocycles. The number of primary amides is 1. The summed E-state index contributed by atoms with van der Waals surface area (Å²) in [6, 6.07) is 0. The Morgan fingerprint density at radius 1 is 1.07 bits per heavy atom. The molecule has 0 aliphatic carbocycles. The van der Waals surface area contributed by atoms with E-state index in [1.54, 1.807) is 0 Å². The third kappa shape index (κ3) is 1.53. The van der Waals surface area contributed by atoms with Gasteiger partial charge in [0.2, 0.25) is 0 Å². The maximum Gasteiger partial charge on any atom is 0.272 e. The van der Waals surface area contributed by atoms with Crippen LogP contribution in [0.15, 0.2) is 0 Å². The topological polar surface area (TPSA) is 43.1 Å². The molecule has 0 radical (unpaired) electrons. The summed E-state index contributed by atoms with van der Waals surface area (Å²) in [5.74, 6) is -0.136. The summed E-state index contributed by atoms with van der Waals surface area (Å²) in [6.45, 7) is 11.3. The second kappa shape index (κ2) is 3.21. The van der Waals surface area contributed by atoms with Crippen molar-refractivity contribution >= 4 is 5.91 Å². The van der Waals surface area contributed by atoms with E-state index in [0.29, 0.717) is 6.54 Å². The van der Waals surface area contributed by atoms with Crippen molar-refractivity contribution in [3.05, 3.63) is 0 Å². The molecule has 1 amide bonds. The van der Waals surface area contributed by atoms with E-state index < -0.39 is 0 Å². The fourth-order valence-electron chi connectivity index (χ4n) is 2.99. The highest BCUT2D eigenvalue weighted by molar-refractivity contribution is 5.74. The van der Waals surface area contributed by atoms with Crippen molar-refractivity contribution in [3.8, 4) is 0 Å². The third-order valence-electron chi connectivity index (χ3n) is 4.31. The van der Waals surface area contributed by atoms with Crippen LogP contribution in [0.5, 0.6) is 0 Å². The fraction of sp³-hybridized carbons (Fsp3) is 0.900. The van der Waals surface area contributed by atoms with Gasteiger partial charge in [-0.15, -0.1) is 0 Å². The van der Waals surface area contributed by atoms with Gasteiger partial charge < -0.3 is 14.7 Å². The molecule has 0 aromatic rings. The predicted octanol–water partition coefficient (Wildman–Crippen LogP) is -0.848. The lowest BCUT2D eigenvalue weighted by atomic mass is 10.1. The Morgan fingerprint density at radius 2 is 1.50 bits per heavy atom. The zero-order valence-corrected chi connectivity index (χ0v) is 9.04. The molecule has 14 heavy (non-hydrogen) atoms. The normalized spacial score (nSPS) is 41.2. The van der Waals surface area contributed by atoms with Crippen LogP contribution in [-0.4, -0.2) is 67.2 Å². The van der Waals surface area contributed by atoms with E-state index in [-0.39, 0.29) is 5.91 Å². The summed E-state index contributed by atoms with van der Waals surface area (Å²) in [5, 5.41) is 0. The van der Waals surface area contributed by atoms with Gasteiger partial charge in [-0.1, -0.05) is 0 Å². The summed E-state index contributed by atoms with van der Waals surface area (Å²) in [4.78, 5) is 11.0. The van der Waals surface area contributed by atoms with Crippen LogP contribution in [0.3, 0.4) is 0 Å². The average Bonchev–Trinajstić information content (AvgIpc) is 2.19. The highest BCUT2D eigenvalue weighted by Crippen LogP contribution is 2.25. The van der Waals surface area contributed by atoms with Crippen LogP contribution in [0, 0.1) is 0 Å². The molecule has 0 atom stereocenters. The Morgan fingerprint density at radius 3 is 1.86 bits per heavy atom. The molecule has 2 N–H and O–H groups in total. The van der Waals surface area contributed by atoms with Crippen molar-refractivity contribution in [1.82, 2.24) is 0 Å². The van der Waals surface area contributed by atoms with E-state index >= 15 is 0 Å². The Bertz CT molecular complexity index is 227. The second-order valence-corrected chi connectivity index (χ2v) is 4.97. The van der Waals surface area contributed by atoms with Crippen LogP contribution in [-0.2, 0) is 4.79 Å². The predicted molar refractivity (Wildman–Crippen MR) is 54.3 cm³/mol. The molecule has 0 spiro atoms. The largest absolute Gasteiger partial charge is 0.365 e. The van der Waals surface area contributed by atoms with E-state index in [4.69, 9.17) is 5.73 Å². The van der Waals surface area contributed by atoms with E-state index in [2.05, 4.69) is 6.92 Å². The molecule has 3 aliphatic rings. The van der Waals surface area contributed by atoms with Crippen LogP contribution in [0.1, 0.15) is 6.92 Å². The molecule has 4 nitrogen and oxygen atoms in total. The fourth-order valence-corrected chi connectivity index (χ4v) is 2.99. The van der Waals surface area contributed by atoms with E-state index in [0.717, 1.165) is 24.1 Å². The first-order valence-electron chi connectivity index (χ1n) is 5.58. The van der Waals surface area contributed by atoms with Crippen LogP contribution >= 0.6 is 0 Å². The molecule has 3 rings (SSSR count). The smallest absolute Gasteiger partial charge is 0.272 e. The van der Waals surface area contributed by atoms with Gasteiger partial charge in [-0.05, 0) is 6.92 Å². The molecular formula is C10H21N3O+2. The Balaban J connectivity index is 2.05. The summed E-state index contributed by atoms with van der Waals surface area (Å²) in [5.41, 5.74) is 5.31. The van der Waals surface area contributed by atoms with Gasteiger partial charge in [0.25, 0.3) is 5.91 Å². The summed E-state index contributed by atoms with van der Waals surface area (Å²) in [7, 11) is 0. The lowest BCUT2D eigenvalue weighted by molar-refractivity contribution is -1.08. The molecule has 0 saturated carbocycles. The number of quaternary nitrogens is 2. The number of amides is 1. The number of nitrogens with two attached hydrogens (primary N) is 1. The maximum atomic E-state index is 11.0. The quantitative estimate of drug-likeness (QED) is 0.591. The number of piperazine rings is 3. The van der Waals surface area contributed by atoms with Gasteiger partial charge in [0.05, 0.1) is 6.54 Å². The molecule has 3 heterocycles. The van der Waals surface area contributed by atoms with Gasteiger partial charge in [0.1, 0.15) is 39.3 Å². The van der Waals surface area contributed by atoms with Gasteiger partial charge in [0.15, 0.2) is 6.54 Å². The van der Waals surface area contributed by atoms with Gasteiger partial charge in [-0.2, -0.15) is 0 Å². The van der Waals surface area contributed by atoms with Crippen molar-refractivity contribution in [2.75, 3.05) is 52.4 Å². The van der Waals surface area contributed by atoms with E-state index in [1.165, 1.54) is 30.7 Å². The Hall–Kier alpha value is -0.610. The molecule has 3 fully saturated rings. The number of likely N-dealkylation sites (N-methyl/N-ethyl adjacent to an activating group) is 1. The third-order valence-corrected chi connectivity index (χ3v) is 4.31. The number of hydrogen-bond donors (Lipinski definition) is 1.